The fourth-order valence-electron chi connectivity index (χ4n) is 2.71. The fraction of sp³-hybridized carbons (Fsp3) is 0.455. The van der Waals surface area contributed by atoms with Crippen molar-refractivity contribution in [1.82, 2.24) is 15.3 Å². The van der Waals surface area contributed by atoms with E-state index in [4.69, 9.17) is 4.74 Å². The summed E-state index contributed by atoms with van der Waals surface area (Å²) in [6.45, 7) is 6.63. The molecule has 2 rings (SSSR count). The Kier molecular flexibility index (Phi) is 8.13. The summed E-state index contributed by atoms with van der Waals surface area (Å²) in [6, 6.07) is 5.93. The van der Waals surface area contributed by atoms with Gasteiger partial charge in [0.2, 0.25) is 5.88 Å². The van der Waals surface area contributed by atoms with E-state index in [1.165, 1.54) is 12.3 Å². The van der Waals surface area contributed by atoms with Gasteiger partial charge in [0.05, 0.1) is 19.1 Å². The fourth-order valence-corrected chi connectivity index (χ4v) is 2.71. The highest BCUT2D eigenvalue weighted by Gasteiger charge is 2.27. The number of carbonyl (C=O) groups is 2. The molecule has 0 aliphatic rings. The predicted octanol–water partition coefficient (Wildman–Crippen LogP) is 4.37. The first-order valence-electron chi connectivity index (χ1n) is 9.91. The van der Waals surface area contributed by atoms with E-state index in [-0.39, 0.29) is 29.9 Å². The van der Waals surface area contributed by atoms with Gasteiger partial charge in [-0.15, -0.1) is 0 Å². The number of Topliss-reactive ketones (excluding diaryl/α,β-unsaturated/α-hetero) is 1. The molecule has 0 aliphatic carbocycles. The first-order chi connectivity index (χ1) is 14.4. The van der Waals surface area contributed by atoms with E-state index >= 15 is 0 Å². The maximum atomic E-state index is 12.7. The zero-order valence-electron chi connectivity index (χ0n) is 17.9. The minimum Gasteiger partial charge on any atom is -0.477 e. The van der Waals surface area contributed by atoms with Crippen LogP contribution in [0.3, 0.4) is 0 Å². The van der Waals surface area contributed by atoms with Crippen LogP contribution >= 0.6 is 0 Å². The summed E-state index contributed by atoms with van der Waals surface area (Å²) in [7, 11) is 0. The summed E-state index contributed by atoms with van der Waals surface area (Å²) in [5.74, 6) is -0.327. The molecule has 2 aromatic rings. The third-order valence-corrected chi connectivity index (χ3v) is 4.51. The summed E-state index contributed by atoms with van der Waals surface area (Å²) in [6.07, 6.45) is -3.74. The van der Waals surface area contributed by atoms with Gasteiger partial charge in [0, 0.05) is 41.6 Å². The number of halogens is 3. The molecule has 2 heterocycles. The lowest BCUT2D eigenvalue weighted by molar-refractivity contribution is -0.139. The van der Waals surface area contributed by atoms with Gasteiger partial charge in [-0.2, -0.15) is 13.2 Å². The van der Waals surface area contributed by atoms with Crippen molar-refractivity contribution in [3.8, 4) is 5.88 Å². The number of nitrogens with zero attached hydrogens (tertiary/aromatic N) is 2. The van der Waals surface area contributed by atoms with Gasteiger partial charge in [-0.3, -0.25) is 14.6 Å². The van der Waals surface area contributed by atoms with Crippen molar-refractivity contribution in [2.45, 2.75) is 52.8 Å². The van der Waals surface area contributed by atoms with Gasteiger partial charge >= 0.3 is 6.18 Å². The van der Waals surface area contributed by atoms with Gasteiger partial charge in [-0.25, -0.2) is 4.98 Å². The summed E-state index contributed by atoms with van der Waals surface area (Å²) in [5, 5.41) is 2.84. The van der Waals surface area contributed by atoms with Crippen LogP contribution in [0, 0.1) is 12.8 Å². The van der Waals surface area contributed by atoms with Crippen LogP contribution in [-0.2, 0) is 11.2 Å². The predicted molar refractivity (Wildman–Crippen MR) is 109 cm³/mol. The first kappa shape index (κ1) is 24.3. The highest BCUT2D eigenvalue weighted by Crippen LogP contribution is 2.20. The van der Waals surface area contributed by atoms with Crippen molar-refractivity contribution >= 4 is 11.7 Å². The molecule has 9 heteroatoms. The summed E-state index contributed by atoms with van der Waals surface area (Å²) < 4.78 is 41.5. The Morgan fingerprint density at radius 1 is 1.16 bits per heavy atom. The van der Waals surface area contributed by atoms with Crippen LogP contribution in [-0.4, -0.2) is 34.4 Å². The Bertz CT molecular complexity index is 912. The maximum absolute atomic E-state index is 12.7. The van der Waals surface area contributed by atoms with Gasteiger partial charge in [-0.1, -0.05) is 19.9 Å². The molecular weight excluding hydrogens is 411 g/mol. The van der Waals surface area contributed by atoms with E-state index in [2.05, 4.69) is 15.3 Å². The lowest BCUT2D eigenvalue weighted by Gasteiger charge is -2.15. The third kappa shape index (κ3) is 7.99. The molecule has 0 saturated carbocycles. The number of nitrogens with one attached hydrogen (secondary N) is 1. The number of amides is 1. The van der Waals surface area contributed by atoms with Crippen molar-refractivity contribution < 1.29 is 27.5 Å². The number of carbonyl (C=O) groups excluding carboxylic acids is 2. The van der Waals surface area contributed by atoms with E-state index in [0.29, 0.717) is 22.5 Å². The summed E-state index contributed by atoms with van der Waals surface area (Å²) >= 11 is 0. The Morgan fingerprint density at radius 3 is 2.45 bits per heavy atom. The van der Waals surface area contributed by atoms with E-state index in [0.717, 1.165) is 0 Å². The molecule has 0 fully saturated rings. The molecule has 0 bridgehead atoms. The maximum Gasteiger partial charge on any atom is 0.392 e. The Labute approximate surface area is 179 Å². The molecule has 0 saturated heterocycles. The quantitative estimate of drug-likeness (QED) is 0.630. The van der Waals surface area contributed by atoms with Crippen LogP contribution < -0.4 is 10.1 Å². The summed E-state index contributed by atoms with van der Waals surface area (Å²) in [4.78, 5) is 33.0. The minimum atomic E-state index is -4.29. The molecule has 1 N–H and O–H groups in total. The van der Waals surface area contributed by atoms with Gasteiger partial charge in [0.1, 0.15) is 5.78 Å². The molecule has 0 aromatic carbocycles. The topological polar surface area (TPSA) is 81.2 Å². The number of aryl methyl sites for hydroxylation is 1. The Hall–Kier alpha value is -2.97. The molecule has 1 atom stereocenters. The number of pyridine rings is 2. The number of hydrogen-bond donors (Lipinski definition) is 1. The minimum absolute atomic E-state index is 0.0430. The van der Waals surface area contributed by atoms with Crippen LogP contribution in [0.4, 0.5) is 13.2 Å². The number of alkyl halides is 3. The van der Waals surface area contributed by atoms with Crippen LogP contribution in [0.2, 0.25) is 0 Å². The lowest BCUT2D eigenvalue weighted by Crippen LogP contribution is -2.27. The van der Waals surface area contributed by atoms with E-state index in [1.54, 1.807) is 32.0 Å². The second kappa shape index (κ2) is 10.4. The Morgan fingerprint density at radius 2 is 1.87 bits per heavy atom. The highest BCUT2D eigenvalue weighted by molar-refractivity contribution is 5.95. The molecule has 1 amide bonds. The largest absolute Gasteiger partial charge is 0.477 e. The first-order valence-corrected chi connectivity index (χ1v) is 9.91. The van der Waals surface area contributed by atoms with Gasteiger partial charge in [0.15, 0.2) is 0 Å². The molecule has 168 valence electrons. The number of aromatic nitrogens is 2. The second-order valence-corrected chi connectivity index (χ2v) is 7.62. The van der Waals surface area contributed by atoms with E-state index < -0.39 is 25.2 Å². The molecule has 2 aromatic heterocycles. The monoisotopic (exact) mass is 437 g/mol. The molecule has 1 unspecified atom stereocenters. The second-order valence-electron chi connectivity index (χ2n) is 7.62. The van der Waals surface area contributed by atoms with Crippen molar-refractivity contribution in [3.05, 3.63) is 53.0 Å². The van der Waals surface area contributed by atoms with E-state index in [9.17, 15) is 22.8 Å². The zero-order chi connectivity index (χ0) is 23.2. The smallest absolute Gasteiger partial charge is 0.392 e. The number of ketones is 1. The lowest BCUT2D eigenvalue weighted by atomic mass is 10.0. The molecule has 0 aliphatic heterocycles. The van der Waals surface area contributed by atoms with Gasteiger partial charge < -0.3 is 10.1 Å². The van der Waals surface area contributed by atoms with Crippen LogP contribution in [0.25, 0.3) is 0 Å². The highest BCUT2D eigenvalue weighted by atomic mass is 19.4. The third-order valence-electron chi connectivity index (χ3n) is 4.51. The van der Waals surface area contributed by atoms with Crippen LogP contribution in [0.5, 0.6) is 5.88 Å². The molecular formula is C22H26F3N3O3. The van der Waals surface area contributed by atoms with Crippen LogP contribution in [0.15, 0.2) is 30.5 Å². The average Bonchev–Trinajstić information content (AvgIpc) is 2.66. The SMILES string of the molecule is Cc1cc(C(=O)NC(C)c2ccc(OCCC(F)(F)F)nc2)cc(CC(=O)C(C)C)n1. The normalized spacial score (nSPS) is 12.5. The molecule has 0 radical (unpaired) electrons. The average molecular weight is 437 g/mol. The molecule has 6 nitrogen and oxygen atoms in total. The van der Waals surface area contributed by atoms with Crippen molar-refractivity contribution in [3.63, 3.8) is 0 Å². The van der Waals surface area contributed by atoms with Crippen molar-refractivity contribution in [1.29, 1.82) is 0 Å². The molecule has 0 spiro atoms. The number of ether oxygens (including phenoxy) is 1. The Balaban J connectivity index is 2.00. The van der Waals surface area contributed by atoms with E-state index in [1.807, 2.05) is 13.8 Å². The van der Waals surface area contributed by atoms with Gasteiger partial charge in [-0.05, 0) is 31.5 Å². The summed E-state index contributed by atoms with van der Waals surface area (Å²) in [5.41, 5.74) is 2.23. The van der Waals surface area contributed by atoms with Crippen molar-refractivity contribution in [2.75, 3.05) is 6.61 Å². The zero-order valence-corrected chi connectivity index (χ0v) is 17.9. The molecule has 31 heavy (non-hydrogen) atoms. The standard InChI is InChI=1S/C22H26F3N3O3/c1-13(2)19(29)11-18-10-17(9-14(3)27-18)21(30)28-15(4)16-5-6-20(26-12-16)31-8-7-22(23,24)25/h5-6,9-10,12-13,15H,7-8,11H2,1-4H3,(H,28,30). The van der Waals surface area contributed by atoms with Gasteiger partial charge in [0.25, 0.3) is 5.91 Å². The van der Waals surface area contributed by atoms with Crippen LogP contribution in [0.1, 0.15) is 60.5 Å². The number of rotatable bonds is 9. The van der Waals surface area contributed by atoms with Crippen molar-refractivity contribution in [2.24, 2.45) is 5.92 Å². The number of hydrogen-bond acceptors (Lipinski definition) is 5.